The zero-order valence-electron chi connectivity index (χ0n) is 8.92. The molecule has 0 aromatic heterocycles. The highest BCUT2D eigenvalue weighted by atomic mass is 19.1. The number of carbonyl (C=O) groups excluding carboxylic acids is 2. The second kappa shape index (κ2) is 5.85. The molecular formula is C11H13FN2O2. The minimum absolute atomic E-state index is 0.143. The Labute approximate surface area is 92.8 Å². The predicted octanol–water partition coefficient (Wildman–Crippen LogP) is 0.692. The maximum atomic E-state index is 12.6. The summed E-state index contributed by atoms with van der Waals surface area (Å²) in [6.45, 7) is 2.12. The molecule has 0 bridgehead atoms. The number of carbonyl (C=O) groups is 2. The van der Waals surface area contributed by atoms with Gasteiger partial charge in [-0.15, -0.1) is 0 Å². The van der Waals surface area contributed by atoms with Crippen molar-refractivity contribution in [2.24, 2.45) is 0 Å². The maximum absolute atomic E-state index is 12.6. The lowest BCUT2D eigenvalue weighted by atomic mass is 10.2. The quantitative estimate of drug-likeness (QED) is 0.739. The minimum atomic E-state index is -0.380. The van der Waals surface area contributed by atoms with E-state index in [4.69, 9.17) is 0 Å². The fourth-order valence-electron chi connectivity index (χ4n) is 1.12. The molecule has 0 aliphatic carbocycles. The SMILES string of the molecule is CC(=O)NCCNC(=O)c1ccc(F)cc1. The summed E-state index contributed by atoms with van der Waals surface area (Å²) >= 11 is 0. The summed E-state index contributed by atoms with van der Waals surface area (Å²) in [5.74, 6) is -0.809. The van der Waals surface area contributed by atoms with E-state index in [0.717, 1.165) is 0 Å². The van der Waals surface area contributed by atoms with Crippen molar-refractivity contribution < 1.29 is 14.0 Å². The van der Waals surface area contributed by atoms with Gasteiger partial charge in [-0.3, -0.25) is 9.59 Å². The Hall–Kier alpha value is -1.91. The molecular weight excluding hydrogens is 211 g/mol. The van der Waals surface area contributed by atoms with Crippen LogP contribution in [0.3, 0.4) is 0 Å². The summed E-state index contributed by atoms with van der Waals surface area (Å²) in [7, 11) is 0. The Morgan fingerprint density at radius 3 is 2.25 bits per heavy atom. The van der Waals surface area contributed by atoms with Crippen LogP contribution in [-0.2, 0) is 4.79 Å². The standard InChI is InChI=1S/C11H13FN2O2/c1-8(15)13-6-7-14-11(16)9-2-4-10(12)5-3-9/h2-5H,6-7H2,1H3,(H,13,15)(H,14,16). The maximum Gasteiger partial charge on any atom is 0.251 e. The van der Waals surface area contributed by atoms with E-state index in [1.54, 1.807) is 0 Å². The predicted molar refractivity (Wildman–Crippen MR) is 57.4 cm³/mol. The molecule has 0 atom stereocenters. The molecule has 1 aromatic carbocycles. The van der Waals surface area contributed by atoms with Crippen LogP contribution in [-0.4, -0.2) is 24.9 Å². The van der Waals surface area contributed by atoms with Crippen LogP contribution >= 0.6 is 0 Å². The summed E-state index contributed by atoms with van der Waals surface area (Å²) < 4.78 is 12.6. The normalized spacial score (nSPS) is 9.62. The lowest BCUT2D eigenvalue weighted by Crippen LogP contribution is -2.33. The van der Waals surface area contributed by atoms with Crippen molar-refractivity contribution in [2.75, 3.05) is 13.1 Å². The lowest BCUT2D eigenvalue weighted by Gasteiger charge is -2.05. The number of hydrogen-bond acceptors (Lipinski definition) is 2. The largest absolute Gasteiger partial charge is 0.355 e. The van der Waals surface area contributed by atoms with E-state index in [0.29, 0.717) is 18.7 Å². The van der Waals surface area contributed by atoms with Crippen LogP contribution in [0.15, 0.2) is 24.3 Å². The monoisotopic (exact) mass is 224 g/mol. The second-order valence-corrected chi connectivity index (χ2v) is 3.25. The van der Waals surface area contributed by atoms with Gasteiger partial charge >= 0.3 is 0 Å². The molecule has 0 heterocycles. The Kier molecular flexibility index (Phi) is 4.44. The van der Waals surface area contributed by atoms with Gasteiger partial charge in [-0.2, -0.15) is 0 Å². The third-order valence-electron chi connectivity index (χ3n) is 1.89. The van der Waals surface area contributed by atoms with Crippen LogP contribution < -0.4 is 10.6 Å². The van der Waals surface area contributed by atoms with Gasteiger partial charge in [0, 0.05) is 25.6 Å². The van der Waals surface area contributed by atoms with E-state index in [-0.39, 0.29) is 17.6 Å². The number of nitrogens with one attached hydrogen (secondary N) is 2. The van der Waals surface area contributed by atoms with E-state index >= 15 is 0 Å². The smallest absolute Gasteiger partial charge is 0.251 e. The highest BCUT2D eigenvalue weighted by Crippen LogP contribution is 2.01. The van der Waals surface area contributed by atoms with Crippen LogP contribution in [0.25, 0.3) is 0 Å². The van der Waals surface area contributed by atoms with Crippen LogP contribution in [0.1, 0.15) is 17.3 Å². The van der Waals surface area contributed by atoms with Crippen molar-refractivity contribution in [3.8, 4) is 0 Å². The summed E-state index contributed by atoms with van der Waals surface area (Å²) in [6.07, 6.45) is 0. The average molecular weight is 224 g/mol. The van der Waals surface area contributed by atoms with Gasteiger partial charge in [0.25, 0.3) is 5.91 Å². The molecule has 0 radical (unpaired) electrons. The van der Waals surface area contributed by atoms with E-state index < -0.39 is 0 Å². The molecule has 0 aliphatic rings. The molecule has 5 heteroatoms. The first-order valence-corrected chi connectivity index (χ1v) is 4.88. The van der Waals surface area contributed by atoms with E-state index in [9.17, 15) is 14.0 Å². The van der Waals surface area contributed by atoms with Crippen molar-refractivity contribution in [1.29, 1.82) is 0 Å². The number of benzene rings is 1. The van der Waals surface area contributed by atoms with Crippen molar-refractivity contribution in [1.82, 2.24) is 10.6 Å². The van der Waals surface area contributed by atoms with Gasteiger partial charge in [-0.05, 0) is 24.3 Å². The van der Waals surface area contributed by atoms with Gasteiger partial charge in [0.15, 0.2) is 0 Å². The summed E-state index contributed by atoms with van der Waals surface area (Å²) in [5, 5.41) is 5.15. The Balaban J connectivity index is 2.35. The van der Waals surface area contributed by atoms with Crippen molar-refractivity contribution in [3.63, 3.8) is 0 Å². The summed E-state index contributed by atoms with van der Waals surface area (Å²) in [6, 6.07) is 5.26. The van der Waals surface area contributed by atoms with E-state index in [1.807, 2.05) is 0 Å². The van der Waals surface area contributed by atoms with Crippen molar-refractivity contribution >= 4 is 11.8 Å². The minimum Gasteiger partial charge on any atom is -0.355 e. The molecule has 86 valence electrons. The first kappa shape index (κ1) is 12.2. The van der Waals surface area contributed by atoms with Gasteiger partial charge in [0.1, 0.15) is 5.82 Å². The van der Waals surface area contributed by atoms with Crippen molar-refractivity contribution in [2.45, 2.75) is 6.92 Å². The molecule has 2 amide bonds. The van der Waals surface area contributed by atoms with Crippen LogP contribution in [0.4, 0.5) is 4.39 Å². The topological polar surface area (TPSA) is 58.2 Å². The third kappa shape index (κ3) is 4.08. The van der Waals surface area contributed by atoms with E-state index in [1.165, 1.54) is 31.2 Å². The molecule has 0 fully saturated rings. The van der Waals surface area contributed by atoms with Gasteiger partial charge in [0.05, 0.1) is 0 Å². The third-order valence-corrected chi connectivity index (χ3v) is 1.89. The van der Waals surface area contributed by atoms with Gasteiger partial charge in [0.2, 0.25) is 5.91 Å². The molecule has 1 rings (SSSR count). The van der Waals surface area contributed by atoms with Crippen LogP contribution in [0.5, 0.6) is 0 Å². The molecule has 16 heavy (non-hydrogen) atoms. The Morgan fingerprint density at radius 2 is 1.69 bits per heavy atom. The van der Waals surface area contributed by atoms with Crippen molar-refractivity contribution in [3.05, 3.63) is 35.6 Å². The number of hydrogen-bond donors (Lipinski definition) is 2. The Morgan fingerprint density at radius 1 is 1.12 bits per heavy atom. The molecule has 4 nitrogen and oxygen atoms in total. The average Bonchev–Trinajstić information content (AvgIpc) is 2.25. The fourth-order valence-corrected chi connectivity index (χ4v) is 1.12. The fraction of sp³-hybridized carbons (Fsp3) is 0.273. The second-order valence-electron chi connectivity index (χ2n) is 3.25. The first-order valence-electron chi connectivity index (χ1n) is 4.88. The van der Waals surface area contributed by atoms with Gasteiger partial charge in [-0.1, -0.05) is 0 Å². The number of amides is 2. The highest BCUT2D eigenvalue weighted by Gasteiger charge is 2.04. The first-order chi connectivity index (χ1) is 7.59. The van der Waals surface area contributed by atoms with Gasteiger partial charge < -0.3 is 10.6 Å². The van der Waals surface area contributed by atoms with Crippen LogP contribution in [0, 0.1) is 5.82 Å². The molecule has 0 aliphatic heterocycles. The summed E-state index contributed by atoms with van der Waals surface area (Å²) in [4.78, 5) is 22.0. The molecule has 0 saturated heterocycles. The Bertz CT molecular complexity index is 376. The van der Waals surface area contributed by atoms with Crippen LogP contribution in [0.2, 0.25) is 0 Å². The summed E-state index contributed by atoms with van der Waals surface area (Å²) in [5.41, 5.74) is 0.393. The van der Waals surface area contributed by atoms with Gasteiger partial charge in [-0.25, -0.2) is 4.39 Å². The zero-order chi connectivity index (χ0) is 12.0. The number of rotatable bonds is 4. The molecule has 0 saturated carbocycles. The molecule has 2 N–H and O–H groups in total. The molecule has 0 spiro atoms. The molecule has 1 aromatic rings. The lowest BCUT2D eigenvalue weighted by molar-refractivity contribution is -0.118. The highest BCUT2D eigenvalue weighted by molar-refractivity contribution is 5.94. The van der Waals surface area contributed by atoms with E-state index in [2.05, 4.69) is 10.6 Å². The molecule has 0 unspecified atom stereocenters. The zero-order valence-corrected chi connectivity index (χ0v) is 8.92. The number of halogens is 1.